The van der Waals surface area contributed by atoms with Crippen molar-refractivity contribution in [1.82, 2.24) is 0 Å². The maximum absolute atomic E-state index is 10.6. The fraction of sp³-hybridized carbons (Fsp3) is 0.143. The number of allylic oxidation sites excluding steroid dienone is 2. The van der Waals surface area contributed by atoms with Gasteiger partial charge < -0.3 is 5.11 Å². The van der Waals surface area contributed by atoms with E-state index in [0.29, 0.717) is 5.57 Å². The summed E-state index contributed by atoms with van der Waals surface area (Å²) in [5.41, 5.74) is 2.06. The van der Waals surface area contributed by atoms with E-state index in [1.54, 1.807) is 11.6 Å². The number of fused-ring (bicyclic) bond motifs is 1. The molecule has 0 amide bonds. The van der Waals surface area contributed by atoms with Gasteiger partial charge in [-0.3, -0.25) is 4.99 Å². The highest BCUT2D eigenvalue weighted by molar-refractivity contribution is 8.15. The van der Waals surface area contributed by atoms with Crippen molar-refractivity contribution in [2.24, 2.45) is 4.99 Å². The number of nitrogens with zero attached hydrogens (tertiary/aromatic N) is 1. The highest BCUT2D eigenvalue weighted by Gasteiger charge is 2.29. The molecule has 0 aromatic rings. The van der Waals surface area contributed by atoms with Crippen molar-refractivity contribution in [3.05, 3.63) is 22.6 Å². The smallest absolute Gasteiger partial charge is 0.334 e. The summed E-state index contributed by atoms with van der Waals surface area (Å²) in [6, 6.07) is -0.211. The van der Waals surface area contributed by atoms with Crippen LogP contribution >= 0.6 is 11.8 Å². The van der Waals surface area contributed by atoms with Crippen LogP contribution in [0.5, 0.6) is 0 Å². The molecule has 0 fully saturated rings. The van der Waals surface area contributed by atoms with Crippen LogP contribution in [0.3, 0.4) is 0 Å². The molecule has 0 aromatic heterocycles. The molecule has 1 unspecified atom stereocenters. The molecule has 1 atom stereocenters. The molecular weight excluding hydrogens is 162 g/mol. The summed E-state index contributed by atoms with van der Waals surface area (Å²) >= 11 is 1.49. The number of carboxylic acid groups (broad SMARTS) is 1. The first-order chi connectivity index (χ1) is 5.29. The summed E-state index contributed by atoms with van der Waals surface area (Å²) in [5.74, 6) is -0.874. The van der Waals surface area contributed by atoms with Crippen molar-refractivity contribution >= 4 is 23.3 Å². The third kappa shape index (κ3) is 0.903. The van der Waals surface area contributed by atoms with Gasteiger partial charge >= 0.3 is 5.97 Å². The first kappa shape index (κ1) is 6.67. The van der Waals surface area contributed by atoms with E-state index in [2.05, 4.69) is 4.99 Å². The second kappa shape index (κ2) is 2.23. The normalized spacial score (nSPS) is 26.4. The maximum Gasteiger partial charge on any atom is 0.334 e. The molecular formula is C7H5NO2S. The average molecular weight is 167 g/mol. The van der Waals surface area contributed by atoms with Gasteiger partial charge in [0.15, 0.2) is 0 Å². The second-order valence-electron chi connectivity index (χ2n) is 2.27. The summed E-state index contributed by atoms with van der Waals surface area (Å²) in [4.78, 5) is 15.6. The third-order valence-corrected chi connectivity index (χ3v) is 2.50. The molecule has 2 aliphatic rings. The van der Waals surface area contributed by atoms with E-state index < -0.39 is 5.97 Å². The van der Waals surface area contributed by atoms with Crippen LogP contribution < -0.4 is 0 Å². The Balaban J connectivity index is 2.31. The highest BCUT2D eigenvalue weighted by Crippen LogP contribution is 2.35. The van der Waals surface area contributed by atoms with Crippen molar-refractivity contribution in [2.75, 3.05) is 0 Å². The molecule has 0 spiro atoms. The molecule has 11 heavy (non-hydrogen) atoms. The Morgan fingerprint density at radius 2 is 2.45 bits per heavy atom. The molecule has 0 radical (unpaired) electrons. The topological polar surface area (TPSA) is 49.7 Å². The largest absolute Gasteiger partial charge is 0.478 e. The zero-order valence-corrected chi connectivity index (χ0v) is 6.34. The molecule has 0 aromatic carbocycles. The van der Waals surface area contributed by atoms with Crippen molar-refractivity contribution in [3.8, 4) is 0 Å². The van der Waals surface area contributed by atoms with Crippen LogP contribution in [0.4, 0.5) is 0 Å². The Morgan fingerprint density at radius 3 is 3.18 bits per heavy atom. The van der Waals surface area contributed by atoms with E-state index in [1.807, 2.05) is 6.08 Å². The van der Waals surface area contributed by atoms with E-state index in [1.165, 1.54) is 11.8 Å². The van der Waals surface area contributed by atoms with Crippen LogP contribution in [0.1, 0.15) is 0 Å². The predicted molar refractivity (Wildman–Crippen MR) is 43.7 cm³/mol. The standard InChI is InChI=1S/C7H5NO2S/c9-7(10)4-1-2-5-6(4)8-3-11-5/h1-3,6H,(H,9,10). The monoisotopic (exact) mass is 167 g/mol. The van der Waals surface area contributed by atoms with Crippen molar-refractivity contribution < 1.29 is 9.90 Å². The molecule has 1 N–H and O–H groups in total. The minimum Gasteiger partial charge on any atom is -0.478 e. The van der Waals surface area contributed by atoms with Crippen molar-refractivity contribution in [1.29, 1.82) is 0 Å². The minimum atomic E-state index is -0.874. The molecule has 1 aliphatic heterocycles. The summed E-state index contributed by atoms with van der Waals surface area (Å²) < 4.78 is 0. The summed E-state index contributed by atoms with van der Waals surface area (Å²) in [6.45, 7) is 0. The maximum atomic E-state index is 10.6. The van der Waals surface area contributed by atoms with Crippen LogP contribution in [0.2, 0.25) is 0 Å². The van der Waals surface area contributed by atoms with Crippen LogP contribution in [-0.4, -0.2) is 22.7 Å². The van der Waals surface area contributed by atoms with Crippen LogP contribution in [0.25, 0.3) is 0 Å². The van der Waals surface area contributed by atoms with Gasteiger partial charge in [0.05, 0.1) is 11.1 Å². The number of aliphatic carboxylic acids is 1. The molecule has 0 saturated carbocycles. The van der Waals surface area contributed by atoms with Gasteiger partial charge in [-0.25, -0.2) is 4.79 Å². The molecule has 1 heterocycles. The van der Waals surface area contributed by atoms with Gasteiger partial charge in [0.2, 0.25) is 0 Å². The fourth-order valence-electron chi connectivity index (χ4n) is 1.11. The Kier molecular flexibility index (Phi) is 1.35. The van der Waals surface area contributed by atoms with Gasteiger partial charge in [-0.1, -0.05) is 11.8 Å². The van der Waals surface area contributed by atoms with E-state index in [9.17, 15) is 4.79 Å². The Labute approximate surface area is 67.5 Å². The summed E-state index contributed by atoms with van der Waals surface area (Å²) in [7, 11) is 0. The van der Waals surface area contributed by atoms with E-state index in [4.69, 9.17) is 5.11 Å². The molecule has 1 aliphatic carbocycles. The van der Waals surface area contributed by atoms with Gasteiger partial charge in [0.1, 0.15) is 6.04 Å². The van der Waals surface area contributed by atoms with E-state index in [0.717, 1.165) is 4.91 Å². The second-order valence-corrected chi connectivity index (χ2v) is 3.19. The average Bonchev–Trinajstić information content (AvgIpc) is 2.41. The lowest BCUT2D eigenvalue weighted by molar-refractivity contribution is -0.132. The Hall–Kier alpha value is -1.03. The fourth-order valence-corrected chi connectivity index (χ4v) is 1.87. The van der Waals surface area contributed by atoms with E-state index >= 15 is 0 Å². The number of carboxylic acids is 1. The van der Waals surface area contributed by atoms with Gasteiger partial charge in [-0.15, -0.1) is 0 Å². The first-order valence-electron chi connectivity index (χ1n) is 3.12. The molecule has 2 rings (SSSR count). The van der Waals surface area contributed by atoms with Gasteiger partial charge in [-0.05, 0) is 12.2 Å². The minimum absolute atomic E-state index is 0.211. The number of hydrogen-bond acceptors (Lipinski definition) is 3. The van der Waals surface area contributed by atoms with Gasteiger partial charge in [0.25, 0.3) is 0 Å². The number of aliphatic imine (C=N–C) groups is 1. The number of thioether (sulfide) groups is 1. The lowest BCUT2D eigenvalue weighted by atomic mass is 10.2. The van der Waals surface area contributed by atoms with Crippen LogP contribution in [0, 0.1) is 0 Å². The van der Waals surface area contributed by atoms with Gasteiger partial charge in [0, 0.05) is 4.91 Å². The van der Waals surface area contributed by atoms with Crippen LogP contribution in [0.15, 0.2) is 27.6 Å². The highest BCUT2D eigenvalue weighted by atomic mass is 32.2. The first-order valence-corrected chi connectivity index (χ1v) is 4.00. The molecule has 56 valence electrons. The summed E-state index contributed by atoms with van der Waals surface area (Å²) in [6.07, 6.45) is 3.43. The number of carbonyl (C=O) groups is 1. The SMILES string of the molecule is O=C(O)C1=CC=C2SC=NC21. The predicted octanol–water partition coefficient (Wildman–Crippen LogP) is 1.04. The molecule has 0 bridgehead atoms. The zero-order chi connectivity index (χ0) is 7.84. The number of rotatable bonds is 1. The third-order valence-electron chi connectivity index (χ3n) is 1.64. The van der Waals surface area contributed by atoms with E-state index in [-0.39, 0.29) is 6.04 Å². The van der Waals surface area contributed by atoms with Crippen molar-refractivity contribution in [3.63, 3.8) is 0 Å². The summed E-state index contributed by atoms with van der Waals surface area (Å²) in [5, 5.41) is 8.68. The quantitative estimate of drug-likeness (QED) is 0.634. The van der Waals surface area contributed by atoms with Gasteiger partial charge in [-0.2, -0.15) is 0 Å². The van der Waals surface area contributed by atoms with Crippen LogP contribution in [-0.2, 0) is 4.79 Å². The molecule has 4 heteroatoms. The Bertz CT molecular complexity index is 304. The number of hydrogen-bond donors (Lipinski definition) is 1. The van der Waals surface area contributed by atoms with Crippen molar-refractivity contribution in [2.45, 2.75) is 6.04 Å². The lowest BCUT2D eigenvalue weighted by Gasteiger charge is -2.02. The lowest BCUT2D eigenvalue weighted by Crippen LogP contribution is -2.11. The zero-order valence-electron chi connectivity index (χ0n) is 5.52. The Morgan fingerprint density at radius 1 is 1.64 bits per heavy atom. The molecule has 3 nitrogen and oxygen atoms in total. The molecule has 0 saturated heterocycles.